The number of aromatic nitrogens is 2. The minimum Gasteiger partial charge on any atom is -0.393 e. The fourth-order valence-corrected chi connectivity index (χ4v) is 15.5. The van der Waals surface area contributed by atoms with Crippen LogP contribution in [0, 0.1) is 17.3 Å². The number of hydrogen-bond donors (Lipinski definition) is 17. The zero-order chi connectivity index (χ0) is 82.2. The molecule has 1 saturated heterocycles. The molecule has 0 aromatic carbocycles. The van der Waals surface area contributed by atoms with E-state index in [9.17, 15) is 63.3 Å². The number of nitrogens with zero attached hydrogens (tertiary/aromatic N) is 2. The molecule has 33 nitrogen and oxygen atoms in total. The van der Waals surface area contributed by atoms with Crippen LogP contribution in [0.5, 0.6) is 0 Å². The van der Waals surface area contributed by atoms with E-state index < -0.39 is 178 Å². The Bertz CT molecular complexity index is 3660. The number of allylic oxidation sites excluding steroid dienone is 2. The molecule has 2 saturated carbocycles. The molecule has 0 spiro atoms. The van der Waals surface area contributed by atoms with Gasteiger partial charge in [-0.15, -0.1) is 0 Å². The maximum absolute atomic E-state index is 15.4. The largest absolute Gasteiger partial charge is 0.393 e. The maximum Gasteiger partial charge on any atom is 0.246 e. The number of nitrogens with one attached hydrogen (secondary N) is 13. The van der Waals surface area contributed by atoms with Gasteiger partial charge in [0.25, 0.3) is 0 Å². The molecule has 5 aliphatic rings. The van der Waals surface area contributed by atoms with Crippen molar-refractivity contribution in [2.45, 2.75) is 325 Å². The monoisotopic (exact) mass is 1570 g/mol. The third kappa shape index (κ3) is 26.5. The Morgan fingerprint density at radius 2 is 1.25 bits per heavy atom. The summed E-state index contributed by atoms with van der Waals surface area (Å²) in [6, 6.07) is -10.3. The number of aromatic amines is 1. The number of carbonyl (C=O) groups excluding carboxylic acids is 14. The van der Waals surface area contributed by atoms with Crippen LogP contribution >= 0.6 is 0 Å². The summed E-state index contributed by atoms with van der Waals surface area (Å²) in [6.45, 7) is 13.8. The van der Waals surface area contributed by atoms with E-state index >= 15 is 19.2 Å². The average Bonchev–Trinajstić information content (AvgIpc) is 1.45. The first kappa shape index (κ1) is 90.1. The highest BCUT2D eigenvalue weighted by atomic mass is 16.3. The van der Waals surface area contributed by atoms with Gasteiger partial charge in [0.05, 0.1) is 18.3 Å². The molecular formula is C79H124N16O17. The highest BCUT2D eigenvalue weighted by Gasteiger charge is 2.46. The number of H-pyrrole nitrogens is 1. The normalized spacial score (nSPS) is 31.7. The number of fused-ring (bicyclic) bond motifs is 10. The molecule has 2 aromatic heterocycles. The van der Waals surface area contributed by atoms with Gasteiger partial charge in [-0.05, 0) is 210 Å². The van der Waals surface area contributed by atoms with E-state index in [1.165, 1.54) is 39.5 Å². The number of rotatable bonds is 11. The second-order valence-electron chi connectivity index (χ2n) is 33.0. The van der Waals surface area contributed by atoms with Crippen molar-refractivity contribution in [1.82, 2.24) is 78.7 Å². The van der Waals surface area contributed by atoms with Crippen LogP contribution in [0.2, 0.25) is 0 Å². The second-order valence-corrected chi connectivity index (χ2v) is 33.0. The van der Waals surface area contributed by atoms with Gasteiger partial charge in [-0.2, -0.15) is 0 Å². The lowest BCUT2D eigenvalue weighted by Gasteiger charge is -2.36. The number of amides is 14. The number of nitrogens with two attached hydrogens (primary N) is 1. The molecule has 622 valence electrons. The molecule has 112 heavy (non-hydrogen) atoms. The van der Waals surface area contributed by atoms with Crippen LogP contribution in [-0.2, 0) is 73.5 Å². The molecule has 3 fully saturated rings. The Labute approximate surface area is 655 Å². The van der Waals surface area contributed by atoms with Crippen molar-refractivity contribution >= 4 is 93.7 Å². The molecule has 0 radical (unpaired) electrons. The number of pyridine rings is 1. The van der Waals surface area contributed by atoms with Gasteiger partial charge in [0.1, 0.15) is 77.1 Å². The molecule has 2 bridgehead atoms. The van der Waals surface area contributed by atoms with Gasteiger partial charge in [-0.1, -0.05) is 52.7 Å². The number of hydrogen-bond acceptors (Lipinski definition) is 18. The number of carbonyl (C=O) groups is 14. The van der Waals surface area contributed by atoms with Crippen LogP contribution in [0.15, 0.2) is 36.7 Å². The lowest BCUT2D eigenvalue weighted by Crippen LogP contribution is -2.65. The molecule has 18 N–H and O–H groups in total. The third-order valence-electron chi connectivity index (χ3n) is 22.4. The predicted molar refractivity (Wildman–Crippen MR) is 414 cm³/mol. The summed E-state index contributed by atoms with van der Waals surface area (Å²) in [4.78, 5) is 212. The summed E-state index contributed by atoms with van der Waals surface area (Å²) in [5.74, 6) is -11.1. The number of aliphatic hydroxyl groups is 3. The minimum absolute atomic E-state index is 0.0217. The van der Waals surface area contributed by atoms with Crippen LogP contribution in [-0.4, -0.2) is 216 Å². The van der Waals surface area contributed by atoms with Crippen molar-refractivity contribution in [2.75, 3.05) is 13.1 Å². The Hall–Kier alpha value is -9.11. The van der Waals surface area contributed by atoms with Crippen molar-refractivity contribution in [1.29, 1.82) is 0 Å². The molecule has 0 unspecified atom stereocenters. The lowest BCUT2D eigenvalue weighted by atomic mass is 9.82. The van der Waals surface area contributed by atoms with Crippen molar-refractivity contribution < 1.29 is 82.4 Å². The fourth-order valence-electron chi connectivity index (χ4n) is 15.5. The molecule has 14 amide bonds. The maximum atomic E-state index is 15.4. The van der Waals surface area contributed by atoms with Gasteiger partial charge < -0.3 is 94.7 Å². The van der Waals surface area contributed by atoms with E-state index in [0.29, 0.717) is 106 Å². The van der Waals surface area contributed by atoms with E-state index in [2.05, 4.69) is 73.8 Å². The third-order valence-corrected chi connectivity index (χ3v) is 22.4. The zero-order valence-corrected chi connectivity index (χ0v) is 66.7. The molecule has 2 aliphatic carbocycles. The Morgan fingerprint density at radius 1 is 0.643 bits per heavy atom. The highest BCUT2D eigenvalue weighted by Crippen LogP contribution is 2.32. The van der Waals surface area contributed by atoms with Gasteiger partial charge in [0.15, 0.2) is 0 Å². The van der Waals surface area contributed by atoms with E-state index in [0.717, 1.165) is 0 Å². The van der Waals surface area contributed by atoms with E-state index in [1.807, 2.05) is 6.08 Å². The van der Waals surface area contributed by atoms with Crippen molar-refractivity contribution in [3.8, 4) is 0 Å². The minimum atomic E-state index is -1.90. The van der Waals surface area contributed by atoms with Gasteiger partial charge in [0.2, 0.25) is 82.7 Å². The van der Waals surface area contributed by atoms with Gasteiger partial charge in [-0.25, -0.2) is 4.98 Å². The Balaban J connectivity index is 1.27. The van der Waals surface area contributed by atoms with Crippen molar-refractivity contribution in [2.24, 2.45) is 23.0 Å². The van der Waals surface area contributed by atoms with Crippen LogP contribution in [0.3, 0.4) is 0 Å². The SMILES string of the molecule is CCC[C@@H]1NC(=O)[C@H](CC2CCC(O)CC2)NC(=O)[C@H](C)NC(=O)[C@]2(C)CC/C=C\CCCC[C@](C)(NC1=O)C(=O)N[C@H](C(N)=O)CCCCNC(=O)CCC[C@H](NC(C)=O)C(=O)N[C@@H](C(C)(C)C)C(=O)N[C@@H](CC1CCC(O)CC1)C(=O)N1CCC[C@H]1C(=O)N[C@@H]([C@@H](C)O)C(=O)N[C@@H](Cc1c[nH]c3ncccc13)C(=O)N2. The van der Waals surface area contributed by atoms with Gasteiger partial charge in [0, 0.05) is 50.6 Å². The first-order valence-electron chi connectivity index (χ1n) is 40.3. The van der Waals surface area contributed by atoms with Crippen molar-refractivity contribution in [3.05, 3.63) is 42.2 Å². The van der Waals surface area contributed by atoms with E-state index in [-0.39, 0.29) is 108 Å². The van der Waals surface area contributed by atoms with E-state index in [1.54, 1.807) is 58.3 Å². The van der Waals surface area contributed by atoms with Gasteiger partial charge >= 0.3 is 0 Å². The van der Waals surface area contributed by atoms with E-state index in [4.69, 9.17) is 5.73 Å². The second kappa shape index (κ2) is 42.1. The summed E-state index contributed by atoms with van der Waals surface area (Å²) in [5.41, 5.74) is 2.20. The fraction of sp³-hybridized carbons (Fsp3) is 0.709. The smallest absolute Gasteiger partial charge is 0.246 e. The van der Waals surface area contributed by atoms with Crippen LogP contribution in [0.1, 0.15) is 235 Å². The molecule has 5 heterocycles. The first-order valence-corrected chi connectivity index (χ1v) is 40.3. The van der Waals surface area contributed by atoms with Crippen LogP contribution in [0.25, 0.3) is 11.0 Å². The Kier molecular flexibility index (Phi) is 33.9. The average molecular weight is 1570 g/mol. The summed E-state index contributed by atoms with van der Waals surface area (Å²) < 4.78 is 0. The molecule has 33 heteroatoms. The molecule has 7 rings (SSSR count). The predicted octanol–water partition coefficient (Wildman–Crippen LogP) is 1.22. The molecule has 2 aromatic rings. The zero-order valence-electron chi connectivity index (χ0n) is 66.7. The molecule has 3 aliphatic heterocycles. The van der Waals surface area contributed by atoms with Gasteiger partial charge in [-0.3, -0.25) is 67.1 Å². The van der Waals surface area contributed by atoms with Crippen LogP contribution in [0.4, 0.5) is 0 Å². The summed E-state index contributed by atoms with van der Waals surface area (Å²) in [7, 11) is 0. The lowest BCUT2D eigenvalue weighted by molar-refractivity contribution is -0.144. The quantitative estimate of drug-likeness (QED) is 0.141. The summed E-state index contributed by atoms with van der Waals surface area (Å²) >= 11 is 0. The van der Waals surface area contributed by atoms with Crippen LogP contribution < -0.4 is 69.5 Å². The first-order chi connectivity index (χ1) is 53.0. The summed E-state index contributed by atoms with van der Waals surface area (Å²) in [5, 5.41) is 66.4. The highest BCUT2D eigenvalue weighted by molar-refractivity contribution is 6.01. The Morgan fingerprint density at radius 3 is 1.88 bits per heavy atom. The topological polar surface area (TPSA) is 502 Å². The van der Waals surface area contributed by atoms with Crippen molar-refractivity contribution in [3.63, 3.8) is 0 Å². The number of aliphatic hydroxyl groups excluding tert-OH is 3. The standard InChI is InChI=1S/C79H124N16O17/c1-10-22-55-69(105)93-79(9)37-17-14-12-11-13-16-36-78(8,75(111)84-45(2)66(102)87-57(68(104)86-55)41-48-28-32-51(98)33-29-48)94-70(106)58(43-50-44-83-65-53(50)23-20-39-82-65)88-72(108)62(46(3)96)91-71(107)60-26-21-40-95(60)74(110)59(42-49-30-34-52(99)35-31-49)89-73(109)63(77(5,6)7)92-67(103)56(85-47(4)97)25-19-27-61(100)81-38-18-15-24-54(64(80)101)90-76(79)112/h11,13,20,23,39,44-46,48-49,51-52,54-60,62-63,96,98-99H,10,12,14-19,21-22,24-38,40-43H2,1-9H3,(H2,80,101)(H,81,100)(H,82,83)(H,84,111)(H,85,97)(H,86,104)(H,87,102)(H,88,108)(H,89,109)(H,90,112)(H,91,107)(H,92,103)(H,93,105)(H,94,106)/b13-11-/t45-,46+,48?,49?,51?,52?,54-,55-,56-,57-,58-,59-,60-,62-,63+,78-,79-/m0/s1. The molecular weight excluding hydrogens is 1440 g/mol. The molecule has 13 atom stereocenters. The summed E-state index contributed by atoms with van der Waals surface area (Å²) in [6.07, 6.45) is 10.3. The number of primary amides is 1.